The molecule has 212 valence electrons. The molecule has 0 spiro atoms. The minimum Gasteiger partial charge on any atom is -0.480 e. The van der Waals surface area contributed by atoms with Crippen molar-refractivity contribution in [3.05, 3.63) is 70.4 Å². The van der Waals surface area contributed by atoms with Gasteiger partial charge in [0.15, 0.2) is 11.5 Å². The molecule has 0 aliphatic heterocycles. The molecule has 4 heterocycles. The highest BCUT2D eigenvalue weighted by Crippen LogP contribution is 2.45. The van der Waals surface area contributed by atoms with E-state index < -0.39 is 17.7 Å². The number of imidazole rings is 1. The Hall–Kier alpha value is -3.87. The first-order valence-corrected chi connectivity index (χ1v) is 13.7. The maximum absolute atomic E-state index is 15.4. The van der Waals surface area contributed by atoms with Crippen LogP contribution < -0.4 is 4.74 Å². The summed E-state index contributed by atoms with van der Waals surface area (Å²) in [5.41, 5.74) is 1.62. The Balaban J connectivity index is 1.37. The van der Waals surface area contributed by atoms with Crippen molar-refractivity contribution in [3.63, 3.8) is 0 Å². The van der Waals surface area contributed by atoms with Crippen LogP contribution in [0.2, 0.25) is 0 Å². The third-order valence-electron chi connectivity index (χ3n) is 7.00. The molecule has 8 nitrogen and oxygen atoms in total. The van der Waals surface area contributed by atoms with Gasteiger partial charge in [-0.1, -0.05) is 6.07 Å². The number of nitrogens with zero attached hydrogens (tertiary/aromatic N) is 7. The Bertz CT molecular complexity index is 1780. The first-order chi connectivity index (χ1) is 19.5. The maximum atomic E-state index is 15.4. The second-order valence-corrected chi connectivity index (χ2v) is 11.1. The topological polar surface area (TPSA) is 83.5 Å². The standard InChI is InChI=1S/C28H24BrF4N7O/c1-14(2)40-12-21(28(31,32)33)37-26(40)17-7-4-15(8-20(17)30)10-39-11-19(29)18-9-34-24(38-25(18)39)22-23(16-5-6-16)35-13-36-27(22)41-3/h4,7-9,11-14,16H,5-6,10H2,1-3H3. The van der Waals surface area contributed by atoms with E-state index in [2.05, 4.69) is 35.9 Å². The van der Waals surface area contributed by atoms with E-state index in [1.165, 1.54) is 30.1 Å². The van der Waals surface area contributed by atoms with E-state index in [9.17, 15) is 13.2 Å². The molecule has 1 aliphatic rings. The van der Waals surface area contributed by atoms with Crippen molar-refractivity contribution in [3.8, 4) is 28.7 Å². The van der Waals surface area contributed by atoms with Crippen molar-refractivity contribution >= 4 is 27.0 Å². The zero-order chi connectivity index (χ0) is 29.1. The fourth-order valence-corrected chi connectivity index (χ4v) is 5.37. The molecule has 6 rings (SSSR count). The third kappa shape index (κ3) is 5.07. The van der Waals surface area contributed by atoms with Gasteiger partial charge in [0, 0.05) is 41.6 Å². The van der Waals surface area contributed by atoms with Crippen molar-refractivity contribution in [2.24, 2.45) is 0 Å². The van der Waals surface area contributed by atoms with E-state index in [4.69, 9.17) is 9.72 Å². The molecular weight excluding hydrogens is 606 g/mol. The monoisotopic (exact) mass is 629 g/mol. The molecule has 13 heteroatoms. The molecule has 4 aromatic heterocycles. The molecule has 0 radical (unpaired) electrons. The Kier molecular flexibility index (Phi) is 6.79. The zero-order valence-electron chi connectivity index (χ0n) is 22.2. The summed E-state index contributed by atoms with van der Waals surface area (Å²) in [5, 5.41) is 0.758. The Morgan fingerprint density at radius 2 is 1.88 bits per heavy atom. The van der Waals surface area contributed by atoms with Gasteiger partial charge in [0.05, 0.1) is 23.8 Å². The van der Waals surface area contributed by atoms with Crippen LogP contribution in [0.25, 0.3) is 33.8 Å². The van der Waals surface area contributed by atoms with Gasteiger partial charge in [-0.05, 0) is 60.3 Å². The average Bonchev–Trinajstić information content (AvgIpc) is 3.60. The quantitative estimate of drug-likeness (QED) is 0.177. The summed E-state index contributed by atoms with van der Waals surface area (Å²) in [4.78, 5) is 21.9. The van der Waals surface area contributed by atoms with Crippen LogP contribution in [-0.2, 0) is 12.7 Å². The van der Waals surface area contributed by atoms with Crippen LogP contribution in [-0.4, -0.2) is 41.2 Å². The Morgan fingerprint density at radius 3 is 2.54 bits per heavy atom. The first kappa shape index (κ1) is 27.3. The van der Waals surface area contributed by atoms with E-state index in [1.807, 2.05) is 10.8 Å². The summed E-state index contributed by atoms with van der Waals surface area (Å²) in [7, 11) is 1.54. The van der Waals surface area contributed by atoms with Crippen LogP contribution in [0.5, 0.6) is 5.88 Å². The normalized spacial score (nSPS) is 13.9. The SMILES string of the molecule is COc1ncnc(C2CC2)c1-c1ncc2c(Br)cn(Cc3ccc(-c4nc(C(F)(F)F)cn4C(C)C)c(F)c3)c2n1. The summed E-state index contributed by atoms with van der Waals surface area (Å²) < 4.78 is 64.9. The minimum absolute atomic E-state index is 0.00937. The molecule has 0 bridgehead atoms. The van der Waals surface area contributed by atoms with Crippen molar-refractivity contribution in [2.45, 2.75) is 51.4 Å². The van der Waals surface area contributed by atoms with Gasteiger partial charge < -0.3 is 13.9 Å². The van der Waals surface area contributed by atoms with Gasteiger partial charge in [0.1, 0.15) is 29.2 Å². The summed E-state index contributed by atoms with van der Waals surface area (Å²) in [6.45, 7) is 3.68. The number of benzene rings is 1. The number of hydrogen-bond acceptors (Lipinski definition) is 6. The zero-order valence-corrected chi connectivity index (χ0v) is 23.8. The second kappa shape index (κ2) is 10.2. The number of halogens is 5. The van der Waals surface area contributed by atoms with E-state index in [-0.39, 0.29) is 24.0 Å². The van der Waals surface area contributed by atoms with Gasteiger partial charge in [-0.25, -0.2) is 29.3 Å². The summed E-state index contributed by atoms with van der Waals surface area (Å²) in [6, 6.07) is 4.09. The number of ether oxygens (including phenoxy) is 1. The van der Waals surface area contributed by atoms with Crippen LogP contribution in [0.15, 0.2) is 47.6 Å². The maximum Gasteiger partial charge on any atom is 0.434 e. The molecule has 1 fully saturated rings. The predicted molar refractivity (Wildman–Crippen MR) is 147 cm³/mol. The highest BCUT2D eigenvalue weighted by molar-refractivity contribution is 9.10. The molecule has 1 aliphatic carbocycles. The second-order valence-electron chi connectivity index (χ2n) is 10.2. The van der Waals surface area contributed by atoms with Crippen molar-refractivity contribution in [1.82, 2.24) is 34.1 Å². The fourth-order valence-electron chi connectivity index (χ4n) is 4.84. The molecule has 1 aromatic carbocycles. The molecule has 41 heavy (non-hydrogen) atoms. The lowest BCUT2D eigenvalue weighted by atomic mass is 10.1. The number of rotatable bonds is 7. The lowest BCUT2D eigenvalue weighted by molar-refractivity contribution is -0.140. The highest BCUT2D eigenvalue weighted by Gasteiger charge is 2.36. The third-order valence-corrected chi connectivity index (χ3v) is 7.63. The molecule has 1 saturated carbocycles. The molecule has 0 saturated heterocycles. The van der Waals surface area contributed by atoms with E-state index in [0.29, 0.717) is 34.4 Å². The number of aromatic nitrogens is 7. The first-order valence-electron chi connectivity index (χ1n) is 12.9. The molecular formula is C28H24BrF4N7O. The number of hydrogen-bond donors (Lipinski definition) is 0. The van der Waals surface area contributed by atoms with E-state index in [0.717, 1.165) is 34.6 Å². The van der Waals surface area contributed by atoms with Crippen LogP contribution in [0.3, 0.4) is 0 Å². The largest absolute Gasteiger partial charge is 0.480 e. The smallest absolute Gasteiger partial charge is 0.434 e. The Morgan fingerprint density at radius 1 is 1.10 bits per heavy atom. The lowest BCUT2D eigenvalue weighted by Crippen LogP contribution is -2.05. The van der Waals surface area contributed by atoms with E-state index in [1.54, 1.807) is 26.1 Å². The van der Waals surface area contributed by atoms with Gasteiger partial charge in [-0.3, -0.25) is 0 Å². The van der Waals surface area contributed by atoms with Crippen LogP contribution in [0.4, 0.5) is 17.6 Å². The summed E-state index contributed by atoms with van der Waals surface area (Å²) >= 11 is 3.56. The Labute approximate surface area is 240 Å². The van der Waals surface area contributed by atoms with Crippen molar-refractivity contribution in [1.29, 1.82) is 0 Å². The number of methoxy groups -OCH3 is 1. The number of alkyl halides is 3. The van der Waals surface area contributed by atoms with Gasteiger partial charge in [0.2, 0.25) is 5.88 Å². The predicted octanol–water partition coefficient (Wildman–Crippen LogP) is 7.19. The molecule has 5 aromatic rings. The van der Waals surface area contributed by atoms with Gasteiger partial charge in [0.25, 0.3) is 0 Å². The van der Waals surface area contributed by atoms with Gasteiger partial charge in [-0.2, -0.15) is 13.2 Å². The fraction of sp³-hybridized carbons (Fsp3) is 0.321. The summed E-state index contributed by atoms with van der Waals surface area (Å²) in [6.07, 6.45) is 3.33. The van der Waals surface area contributed by atoms with Gasteiger partial charge in [-0.15, -0.1) is 0 Å². The van der Waals surface area contributed by atoms with Crippen LogP contribution >= 0.6 is 15.9 Å². The van der Waals surface area contributed by atoms with Crippen molar-refractivity contribution < 1.29 is 22.3 Å². The number of fused-ring (bicyclic) bond motifs is 1. The molecule has 0 atom stereocenters. The van der Waals surface area contributed by atoms with Crippen LogP contribution in [0.1, 0.15) is 55.6 Å². The highest BCUT2D eigenvalue weighted by atomic mass is 79.9. The molecule has 0 unspecified atom stereocenters. The van der Waals surface area contributed by atoms with Crippen molar-refractivity contribution in [2.75, 3.05) is 7.11 Å². The molecule has 0 amide bonds. The lowest BCUT2D eigenvalue weighted by Gasteiger charge is -2.13. The van der Waals surface area contributed by atoms with Gasteiger partial charge >= 0.3 is 6.18 Å². The minimum atomic E-state index is -4.63. The average molecular weight is 630 g/mol. The van der Waals surface area contributed by atoms with E-state index >= 15 is 4.39 Å². The molecule has 0 N–H and O–H groups in total. The van der Waals surface area contributed by atoms with Crippen LogP contribution in [0, 0.1) is 5.82 Å². The summed E-state index contributed by atoms with van der Waals surface area (Å²) in [5.74, 6) is 0.374.